The molecule has 1 aromatic heterocycles. The van der Waals surface area contributed by atoms with Crippen molar-refractivity contribution in [1.29, 1.82) is 0 Å². The van der Waals surface area contributed by atoms with E-state index in [1.807, 2.05) is 19.1 Å². The molecule has 0 aliphatic carbocycles. The first-order valence-electron chi connectivity index (χ1n) is 5.31. The molecule has 3 nitrogen and oxygen atoms in total. The van der Waals surface area contributed by atoms with Crippen molar-refractivity contribution in [3.63, 3.8) is 0 Å². The van der Waals surface area contributed by atoms with E-state index in [9.17, 15) is 0 Å². The molecule has 3 N–H and O–H groups in total. The second-order valence-electron chi connectivity index (χ2n) is 3.84. The number of halogens is 1. The number of nitrogens with zero attached hydrogens (tertiary/aromatic N) is 1. The molecule has 0 aliphatic rings. The minimum absolute atomic E-state index is 0.0917. The summed E-state index contributed by atoms with van der Waals surface area (Å²) in [4.78, 5) is 4.46. The van der Waals surface area contributed by atoms with Crippen LogP contribution in [0.15, 0.2) is 34.1 Å². The van der Waals surface area contributed by atoms with Crippen molar-refractivity contribution in [3.8, 4) is 0 Å². The fourth-order valence-electron chi connectivity index (χ4n) is 1.71. The molecule has 2 rings (SSSR count). The predicted octanol–water partition coefficient (Wildman–Crippen LogP) is 2.96. The van der Waals surface area contributed by atoms with Crippen molar-refractivity contribution in [3.05, 3.63) is 50.4 Å². The van der Waals surface area contributed by atoms with Crippen LogP contribution in [0.5, 0.6) is 0 Å². The average Bonchev–Trinajstić information content (AvgIpc) is 2.72. The van der Waals surface area contributed by atoms with Gasteiger partial charge in [0.15, 0.2) is 0 Å². The summed E-state index contributed by atoms with van der Waals surface area (Å²) in [6.07, 6.45) is 0.803. The highest BCUT2D eigenvalue weighted by Gasteiger charge is 2.12. The molecular weight excluding hydrogens is 298 g/mol. The van der Waals surface area contributed by atoms with Gasteiger partial charge < -0.3 is 0 Å². The van der Waals surface area contributed by atoms with Crippen LogP contribution < -0.4 is 11.3 Å². The molecule has 0 fully saturated rings. The first-order valence-corrected chi connectivity index (χ1v) is 6.99. The quantitative estimate of drug-likeness (QED) is 0.674. The van der Waals surface area contributed by atoms with E-state index in [2.05, 4.69) is 43.9 Å². The van der Waals surface area contributed by atoms with Crippen molar-refractivity contribution in [1.82, 2.24) is 10.4 Å². The maximum absolute atomic E-state index is 5.62. The van der Waals surface area contributed by atoms with Crippen LogP contribution in [-0.4, -0.2) is 4.98 Å². The molecule has 1 atom stereocenters. The van der Waals surface area contributed by atoms with Gasteiger partial charge in [-0.15, -0.1) is 11.3 Å². The van der Waals surface area contributed by atoms with Gasteiger partial charge in [0.25, 0.3) is 0 Å². The SMILES string of the molecule is Cc1nc(CC(NN)c2cccc(Br)c2)cs1. The fourth-order valence-corrected chi connectivity index (χ4v) is 2.75. The Kier molecular flexibility index (Phi) is 4.28. The summed E-state index contributed by atoms with van der Waals surface area (Å²) in [7, 11) is 0. The molecule has 1 aromatic carbocycles. The van der Waals surface area contributed by atoms with Gasteiger partial charge in [-0.3, -0.25) is 11.3 Å². The lowest BCUT2D eigenvalue weighted by molar-refractivity contribution is 0.546. The van der Waals surface area contributed by atoms with Crippen LogP contribution in [-0.2, 0) is 6.42 Å². The maximum Gasteiger partial charge on any atom is 0.0897 e. The minimum atomic E-state index is 0.0917. The highest BCUT2D eigenvalue weighted by atomic mass is 79.9. The Bertz CT molecular complexity index is 498. The molecule has 0 saturated carbocycles. The van der Waals surface area contributed by atoms with E-state index in [0.717, 1.165) is 27.2 Å². The van der Waals surface area contributed by atoms with E-state index in [1.165, 1.54) is 0 Å². The molecule has 5 heteroatoms. The molecule has 0 saturated heterocycles. The molecule has 1 unspecified atom stereocenters. The Morgan fingerprint density at radius 3 is 2.94 bits per heavy atom. The molecule has 0 bridgehead atoms. The summed E-state index contributed by atoms with van der Waals surface area (Å²) in [6, 6.07) is 8.24. The Balaban J connectivity index is 2.16. The van der Waals surface area contributed by atoms with Crippen LogP contribution in [0.25, 0.3) is 0 Å². The van der Waals surface area contributed by atoms with Crippen molar-refractivity contribution < 1.29 is 0 Å². The van der Waals surface area contributed by atoms with Gasteiger partial charge in [-0.1, -0.05) is 28.1 Å². The van der Waals surface area contributed by atoms with Gasteiger partial charge in [-0.2, -0.15) is 0 Å². The van der Waals surface area contributed by atoms with E-state index < -0.39 is 0 Å². The second kappa shape index (κ2) is 5.73. The predicted molar refractivity (Wildman–Crippen MR) is 74.8 cm³/mol. The fraction of sp³-hybridized carbons (Fsp3) is 0.250. The molecular formula is C12H14BrN3S. The number of nitrogens with one attached hydrogen (secondary N) is 1. The molecule has 0 spiro atoms. The van der Waals surface area contributed by atoms with Gasteiger partial charge in [-0.05, 0) is 24.6 Å². The molecule has 17 heavy (non-hydrogen) atoms. The third-order valence-electron chi connectivity index (χ3n) is 2.53. The summed E-state index contributed by atoms with van der Waals surface area (Å²) >= 11 is 5.13. The van der Waals surface area contributed by atoms with Crippen LogP contribution >= 0.6 is 27.3 Å². The Morgan fingerprint density at radius 1 is 1.53 bits per heavy atom. The number of nitrogens with two attached hydrogens (primary N) is 1. The normalized spacial score (nSPS) is 12.6. The van der Waals surface area contributed by atoms with E-state index in [4.69, 9.17) is 5.84 Å². The summed E-state index contributed by atoms with van der Waals surface area (Å²) in [5.74, 6) is 5.62. The summed E-state index contributed by atoms with van der Waals surface area (Å²) < 4.78 is 1.06. The van der Waals surface area contributed by atoms with Gasteiger partial charge >= 0.3 is 0 Å². The summed E-state index contributed by atoms with van der Waals surface area (Å²) in [6.45, 7) is 2.01. The van der Waals surface area contributed by atoms with Gasteiger partial charge in [0.1, 0.15) is 0 Å². The molecule has 2 aromatic rings. The Labute approximate surface area is 113 Å². The standard InChI is InChI=1S/C12H14BrN3S/c1-8-15-11(7-17-8)6-12(16-14)9-3-2-4-10(13)5-9/h2-5,7,12,16H,6,14H2,1H3. The zero-order chi connectivity index (χ0) is 12.3. The third-order valence-corrected chi connectivity index (χ3v) is 3.85. The highest BCUT2D eigenvalue weighted by molar-refractivity contribution is 9.10. The average molecular weight is 312 g/mol. The van der Waals surface area contributed by atoms with Crippen molar-refractivity contribution >= 4 is 27.3 Å². The van der Waals surface area contributed by atoms with Crippen molar-refractivity contribution in [2.75, 3.05) is 0 Å². The number of rotatable bonds is 4. The number of thiazole rings is 1. The smallest absolute Gasteiger partial charge is 0.0897 e. The first kappa shape index (κ1) is 12.7. The van der Waals surface area contributed by atoms with Crippen molar-refractivity contribution in [2.45, 2.75) is 19.4 Å². The number of aromatic nitrogens is 1. The van der Waals surface area contributed by atoms with E-state index in [-0.39, 0.29) is 6.04 Å². The first-order chi connectivity index (χ1) is 8.19. The number of hydrogen-bond donors (Lipinski definition) is 2. The summed E-state index contributed by atoms with van der Waals surface area (Å²) in [5.41, 5.74) is 5.09. The van der Waals surface area contributed by atoms with E-state index >= 15 is 0 Å². The van der Waals surface area contributed by atoms with E-state index in [0.29, 0.717) is 0 Å². The summed E-state index contributed by atoms with van der Waals surface area (Å²) in [5, 5.41) is 3.17. The van der Waals surface area contributed by atoms with Crippen LogP contribution in [0, 0.1) is 6.92 Å². The van der Waals surface area contributed by atoms with Crippen LogP contribution in [0.4, 0.5) is 0 Å². The molecule has 1 heterocycles. The molecule has 0 aliphatic heterocycles. The van der Waals surface area contributed by atoms with Gasteiger partial charge in [-0.25, -0.2) is 4.98 Å². The van der Waals surface area contributed by atoms with Crippen LogP contribution in [0.2, 0.25) is 0 Å². The van der Waals surface area contributed by atoms with Crippen LogP contribution in [0.1, 0.15) is 22.3 Å². The van der Waals surface area contributed by atoms with Gasteiger partial charge in [0.2, 0.25) is 0 Å². The monoisotopic (exact) mass is 311 g/mol. The third kappa shape index (κ3) is 3.35. The molecule has 0 radical (unpaired) electrons. The Hall–Kier alpha value is -0.750. The number of aryl methyl sites for hydroxylation is 1. The van der Waals surface area contributed by atoms with Crippen LogP contribution in [0.3, 0.4) is 0 Å². The number of hydrogen-bond acceptors (Lipinski definition) is 4. The number of hydrazine groups is 1. The molecule has 90 valence electrons. The zero-order valence-corrected chi connectivity index (χ0v) is 11.9. The van der Waals surface area contributed by atoms with Gasteiger partial charge in [0.05, 0.1) is 16.7 Å². The van der Waals surface area contributed by atoms with Crippen molar-refractivity contribution in [2.24, 2.45) is 5.84 Å². The van der Waals surface area contributed by atoms with E-state index in [1.54, 1.807) is 11.3 Å². The molecule has 0 amide bonds. The van der Waals surface area contributed by atoms with Gasteiger partial charge in [0, 0.05) is 16.3 Å². The minimum Gasteiger partial charge on any atom is -0.271 e. The topological polar surface area (TPSA) is 50.9 Å². The lowest BCUT2D eigenvalue weighted by atomic mass is 10.0. The Morgan fingerprint density at radius 2 is 2.35 bits per heavy atom. The largest absolute Gasteiger partial charge is 0.271 e. The highest BCUT2D eigenvalue weighted by Crippen LogP contribution is 2.21. The second-order valence-corrected chi connectivity index (χ2v) is 5.81. The number of benzene rings is 1. The lowest BCUT2D eigenvalue weighted by Gasteiger charge is -2.15. The zero-order valence-electron chi connectivity index (χ0n) is 9.48. The lowest BCUT2D eigenvalue weighted by Crippen LogP contribution is -2.29. The maximum atomic E-state index is 5.62.